The molecule has 1 saturated heterocycles. The first-order chi connectivity index (χ1) is 10.1. The predicted octanol–water partition coefficient (Wildman–Crippen LogP) is 0.187. The van der Waals surface area contributed by atoms with Crippen molar-refractivity contribution in [3.63, 3.8) is 0 Å². The number of nitrogens with zero attached hydrogens (tertiary/aromatic N) is 4. The molecule has 2 aliphatic rings. The molecule has 2 atom stereocenters. The second-order valence-electron chi connectivity index (χ2n) is 5.56. The van der Waals surface area contributed by atoms with Crippen molar-refractivity contribution in [3.8, 4) is 0 Å². The minimum Gasteiger partial charge on any atom is -0.380 e. The third-order valence-corrected chi connectivity index (χ3v) is 4.05. The first kappa shape index (κ1) is 14.0. The molecule has 0 aromatic carbocycles. The van der Waals surface area contributed by atoms with Crippen LogP contribution in [0.3, 0.4) is 0 Å². The molecule has 1 aromatic heterocycles. The van der Waals surface area contributed by atoms with Gasteiger partial charge >= 0.3 is 0 Å². The van der Waals surface area contributed by atoms with Gasteiger partial charge in [0.2, 0.25) is 17.8 Å². The van der Waals surface area contributed by atoms with Crippen LogP contribution in [0.2, 0.25) is 0 Å². The summed E-state index contributed by atoms with van der Waals surface area (Å²) in [6.07, 6.45) is 4.18. The Morgan fingerprint density at radius 1 is 1.43 bits per heavy atom. The van der Waals surface area contributed by atoms with Crippen molar-refractivity contribution in [2.24, 2.45) is 0 Å². The Morgan fingerprint density at radius 2 is 2.19 bits per heavy atom. The summed E-state index contributed by atoms with van der Waals surface area (Å²) in [4.78, 5) is 25.7. The Balaban J connectivity index is 1.71. The van der Waals surface area contributed by atoms with E-state index in [9.17, 15) is 9.59 Å². The number of ether oxygens (including phenoxy) is 1. The van der Waals surface area contributed by atoms with Crippen molar-refractivity contribution in [1.29, 1.82) is 0 Å². The van der Waals surface area contributed by atoms with Gasteiger partial charge < -0.3 is 9.64 Å². The fourth-order valence-corrected chi connectivity index (χ4v) is 2.71. The van der Waals surface area contributed by atoms with Crippen LogP contribution in [0.4, 0.5) is 5.95 Å². The number of aromatic nitrogens is 3. The van der Waals surface area contributed by atoms with E-state index in [1.165, 1.54) is 6.92 Å². The Hall–Kier alpha value is -1.96. The van der Waals surface area contributed by atoms with Gasteiger partial charge in [-0.25, -0.2) is 0 Å². The Bertz CT molecular complexity index is 554. The SMILES string of the molecule is CO[C@H]1C[C@H](C(=O)Nc2nncn2C2CC2)N(C(C)=O)C1. The van der Waals surface area contributed by atoms with Crippen molar-refractivity contribution in [2.45, 2.75) is 44.4 Å². The Morgan fingerprint density at radius 3 is 2.81 bits per heavy atom. The summed E-state index contributed by atoms with van der Waals surface area (Å²) in [5, 5.41) is 10.6. The van der Waals surface area contributed by atoms with Crippen molar-refractivity contribution in [1.82, 2.24) is 19.7 Å². The van der Waals surface area contributed by atoms with Gasteiger partial charge in [-0.1, -0.05) is 0 Å². The van der Waals surface area contributed by atoms with E-state index in [2.05, 4.69) is 15.5 Å². The Kier molecular flexibility index (Phi) is 3.62. The fourth-order valence-electron chi connectivity index (χ4n) is 2.71. The molecule has 2 heterocycles. The van der Waals surface area contributed by atoms with E-state index >= 15 is 0 Å². The molecule has 2 amide bonds. The van der Waals surface area contributed by atoms with E-state index in [-0.39, 0.29) is 17.9 Å². The molecule has 1 saturated carbocycles. The van der Waals surface area contributed by atoms with E-state index in [1.54, 1.807) is 18.3 Å². The van der Waals surface area contributed by atoms with Crippen molar-refractivity contribution in [3.05, 3.63) is 6.33 Å². The number of carbonyl (C=O) groups excluding carboxylic acids is 2. The van der Waals surface area contributed by atoms with E-state index in [1.807, 2.05) is 4.57 Å². The number of rotatable bonds is 4. The average Bonchev–Trinajstić information content (AvgIpc) is 3.03. The van der Waals surface area contributed by atoms with Gasteiger partial charge in [0.1, 0.15) is 12.4 Å². The van der Waals surface area contributed by atoms with Crippen LogP contribution >= 0.6 is 0 Å². The van der Waals surface area contributed by atoms with Crippen molar-refractivity contribution in [2.75, 3.05) is 19.0 Å². The van der Waals surface area contributed by atoms with Gasteiger partial charge in [-0.3, -0.25) is 19.5 Å². The summed E-state index contributed by atoms with van der Waals surface area (Å²) in [6, 6.07) is -0.133. The van der Waals surface area contributed by atoms with Gasteiger partial charge in [0.25, 0.3) is 0 Å². The smallest absolute Gasteiger partial charge is 0.249 e. The number of carbonyl (C=O) groups is 2. The summed E-state index contributed by atoms with van der Waals surface area (Å²) < 4.78 is 7.15. The number of hydrogen-bond acceptors (Lipinski definition) is 5. The van der Waals surface area contributed by atoms with Gasteiger partial charge in [-0.05, 0) is 12.8 Å². The van der Waals surface area contributed by atoms with Crippen LogP contribution in [-0.2, 0) is 14.3 Å². The lowest BCUT2D eigenvalue weighted by Gasteiger charge is -2.21. The van der Waals surface area contributed by atoms with Crippen LogP contribution < -0.4 is 5.32 Å². The monoisotopic (exact) mass is 293 g/mol. The normalized spacial score (nSPS) is 25.1. The summed E-state index contributed by atoms with van der Waals surface area (Å²) in [7, 11) is 1.59. The lowest BCUT2D eigenvalue weighted by atomic mass is 10.2. The summed E-state index contributed by atoms with van der Waals surface area (Å²) in [6.45, 7) is 1.91. The molecule has 8 nitrogen and oxygen atoms in total. The molecule has 8 heteroatoms. The first-order valence-corrected chi connectivity index (χ1v) is 7.10. The lowest BCUT2D eigenvalue weighted by Crippen LogP contribution is -2.42. The maximum atomic E-state index is 12.4. The highest BCUT2D eigenvalue weighted by Crippen LogP contribution is 2.36. The summed E-state index contributed by atoms with van der Waals surface area (Å²) in [5.74, 6) is 0.0879. The zero-order valence-corrected chi connectivity index (χ0v) is 12.2. The molecular weight excluding hydrogens is 274 g/mol. The maximum absolute atomic E-state index is 12.4. The molecule has 21 heavy (non-hydrogen) atoms. The molecule has 1 N–H and O–H groups in total. The van der Waals surface area contributed by atoms with Crippen LogP contribution in [0.5, 0.6) is 0 Å². The van der Waals surface area contributed by atoms with Gasteiger partial charge in [-0.2, -0.15) is 0 Å². The van der Waals surface area contributed by atoms with Gasteiger partial charge in [0.15, 0.2) is 0 Å². The molecule has 0 radical (unpaired) electrons. The molecule has 1 aromatic rings. The standard InChI is InChI=1S/C13H19N5O3/c1-8(19)17-6-10(21-2)5-11(17)12(20)15-13-16-14-7-18(13)9-3-4-9/h7,9-11H,3-6H2,1-2H3,(H,15,16,20)/t10-,11+/m0/s1. The van der Waals surface area contributed by atoms with Crippen LogP contribution in [0.25, 0.3) is 0 Å². The van der Waals surface area contributed by atoms with Crippen LogP contribution in [0.15, 0.2) is 6.33 Å². The number of amides is 2. The average molecular weight is 293 g/mol. The first-order valence-electron chi connectivity index (χ1n) is 7.10. The van der Waals surface area contributed by atoms with Crippen LogP contribution in [0, 0.1) is 0 Å². The second-order valence-corrected chi connectivity index (χ2v) is 5.56. The molecular formula is C13H19N5O3. The van der Waals surface area contributed by atoms with Gasteiger partial charge in [0.05, 0.1) is 6.10 Å². The zero-order chi connectivity index (χ0) is 15.0. The highest BCUT2D eigenvalue weighted by molar-refractivity contribution is 5.96. The molecule has 0 unspecified atom stereocenters. The molecule has 2 fully saturated rings. The largest absolute Gasteiger partial charge is 0.380 e. The molecule has 114 valence electrons. The van der Waals surface area contributed by atoms with E-state index in [0.29, 0.717) is 25.0 Å². The third-order valence-electron chi connectivity index (χ3n) is 4.05. The van der Waals surface area contributed by atoms with Crippen molar-refractivity contribution >= 4 is 17.8 Å². The molecule has 0 spiro atoms. The summed E-state index contributed by atoms with van der Waals surface area (Å²) in [5.41, 5.74) is 0. The third kappa shape index (κ3) is 2.76. The van der Waals surface area contributed by atoms with Crippen LogP contribution in [0.1, 0.15) is 32.2 Å². The fraction of sp³-hybridized carbons (Fsp3) is 0.692. The second kappa shape index (κ2) is 5.44. The lowest BCUT2D eigenvalue weighted by molar-refractivity contribution is -0.134. The highest BCUT2D eigenvalue weighted by atomic mass is 16.5. The summed E-state index contributed by atoms with van der Waals surface area (Å²) >= 11 is 0. The zero-order valence-electron chi connectivity index (χ0n) is 12.2. The number of likely N-dealkylation sites (tertiary alicyclic amines) is 1. The van der Waals surface area contributed by atoms with Gasteiger partial charge in [-0.15, -0.1) is 10.2 Å². The number of hydrogen-bond donors (Lipinski definition) is 1. The number of anilines is 1. The minimum atomic E-state index is -0.517. The number of methoxy groups -OCH3 is 1. The predicted molar refractivity (Wildman–Crippen MR) is 73.5 cm³/mol. The Labute approximate surface area is 122 Å². The maximum Gasteiger partial charge on any atom is 0.249 e. The topological polar surface area (TPSA) is 89.3 Å². The van der Waals surface area contributed by atoms with Gasteiger partial charge in [0, 0.05) is 33.0 Å². The van der Waals surface area contributed by atoms with Crippen molar-refractivity contribution < 1.29 is 14.3 Å². The minimum absolute atomic E-state index is 0.106. The molecule has 3 rings (SSSR count). The molecule has 0 bridgehead atoms. The molecule has 1 aliphatic heterocycles. The number of nitrogens with one attached hydrogen (secondary N) is 1. The quantitative estimate of drug-likeness (QED) is 0.856. The van der Waals surface area contributed by atoms with E-state index < -0.39 is 6.04 Å². The molecule has 1 aliphatic carbocycles. The highest BCUT2D eigenvalue weighted by Gasteiger charge is 2.39. The van der Waals surface area contributed by atoms with E-state index in [0.717, 1.165) is 12.8 Å². The van der Waals surface area contributed by atoms with E-state index in [4.69, 9.17) is 4.74 Å². The van der Waals surface area contributed by atoms with Crippen LogP contribution in [-0.4, -0.2) is 57.3 Å².